The summed E-state index contributed by atoms with van der Waals surface area (Å²) >= 11 is 0. The van der Waals surface area contributed by atoms with E-state index < -0.39 is 0 Å². The molecular formula is C36H54N6. The van der Waals surface area contributed by atoms with E-state index in [2.05, 4.69) is 35.8 Å². The van der Waals surface area contributed by atoms with Crippen LogP contribution in [0.1, 0.15) is 116 Å². The first kappa shape index (κ1) is 25.7. The van der Waals surface area contributed by atoms with E-state index in [1.807, 2.05) is 0 Å². The third-order valence-corrected chi connectivity index (χ3v) is 15.7. The number of anilines is 3. The maximum Gasteiger partial charge on any atom is 0.232 e. The first-order chi connectivity index (χ1) is 20.3. The number of nitrogens with zero attached hydrogens (tertiary/aromatic N) is 6. The Morgan fingerprint density at radius 2 is 0.524 bits per heavy atom. The lowest BCUT2D eigenvalue weighted by atomic mass is 9.52. The second kappa shape index (κ2) is 8.56. The van der Waals surface area contributed by atoms with E-state index in [-0.39, 0.29) is 16.6 Å². The van der Waals surface area contributed by atoms with Crippen LogP contribution in [-0.4, -0.2) is 52.7 Å². The summed E-state index contributed by atoms with van der Waals surface area (Å²) < 4.78 is 0. The van der Waals surface area contributed by atoms with Crippen LogP contribution in [0.4, 0.5) is 17.8 Å². The van der Waals surface area contributed by atoms with Crippen molar-refractivity contribution in [1.82, 2.24) is 15.0 Å². The summed E-state index contributed by atoms with van der Waals surface area (Å²) in [6, 6.07) is 0. The van der Waals surface area contributed by atoms with Gasteiger partial charge in [-0.05, 0) is 169 Å². The van der Waals surface area contributed by atoms with Crippen LogP contribution in [0.2, 0.25) is 0 Å². The van der Waals surface area contributed by atoms with Crippen molar-refractivity contribution >= 4 is 17.8 Å². The Hall–Kier alpha value is -1.59. The summed E-state index contributed by atoms with van der Waals surface area (Å²) in [4.78, 5) is 24.3. The maximum atomic E-state index is 5.48. The Morgan fingerprint density at radius 1 is 0.357 bits per heavy atom. The Morgan fingerprint density at radius 3 is 0.690 bits per heavy atom. The van der Waals surface area contributed by atoms with Gasteiger partial charge in [0, 0.05) is 37.8 Å². The fourth-order valence-electron chi connectivity index (χ4n) is 14.9. The first-order valence-electron chi connectivity index (χ1n) is 18.2. The van der Waals surface area contributed by atoms with Crippen LogP contribution in [0.25, 0.3) is 0 Å². The summed E-state index contributed by atoms with van der Waals surface area (Å²) in [5.41, 5.74) is 0.759. The highest BCUT2D eigenvalue weighted by molar-refractivity contribution is 5.51. The molecule has 0 amide bonds. The SMILES string of the molecule is CN(c1nc(N(C)C23CC4CC(CC(C4)C2)C3)nc(N(C)C23CC4CC(CC(C4)C2)C3)n1)C12CC3CC(CC(C3)C1)C2. The summed E-state index contributed by atoms with van der Waals surface area (Å²) in [5, 5.41) is 0. The molecule has 6 heteroatoms. The minimum atomic E-state index is 0.253. The van der Waals surface area contributed by atoms with Crippen molar-refractivity contribution < 1.29 is 0 Å². The van der Waals surface area contributed by atoms with E-state index in [1.165, 1.54) is 116 Å². The van der Waals surface area contributed by atoms with Crippen molar-refractivity contribution in [3.8, 4) is 0 Å². The van der Waals surface area contributed by atoms with E-state index in [9.17, 15) is 0 Å². The van der Waals surface area contributed by atoms with Gasteiger partial charge >= 0.3 is 0 Å². The molecule has 13 rings (SSSR count). The molecule has 12 saturated carbocycles. The van der Waals surface area contributed by atoms with Gasteiger partial charge in [0.15, 0.2) is 0 Å². The lowest BCUT2D eigenvalue weighted by molar-refractivity contribution is -0.00404. The molecule has 12 fully saturated rings. The first-order valence-corrected chi connectivity index (χ1v) is 18.2. The zero-order chi connectivity index (χ0) is 28.0. The molecule has 0 N–H and O–H groups in total. The minimum Gasteiger partial charge on any atom is -0.338 e. The van der Waals surface area contributed by atoms with E-state index in [4.69, 9.17) is 15.0 Å². The second-order valence-corrected chi connectivity index (χ2v) is 18.3. The van der Waals surface area contributed by atoms with E-state index in [0.717, 1.165) is 71.1 Å². The molecule has 1 aromatic rings. The third kappa shape index (κ3) is 3.65. The lowest BCUT2D eigenvalue weighted by Gasteiger charge is -2.61. The zero-order valence-electron chi connectivity index (χ0n) is 26.6. The van der Waals surface area contributed by atoms with Gasteiger partial charge < -0.3 is 14.7 Å². The number of hydrogen-bond donors (Lipinski definition) is 0. The van der Waals surface area contributed by atoms with Crippen molar-refractivity contribution in [1.29, 1.82) is 0 Å². The largest absolute Gasteiger partial charge is 0.338 e. The molecule has 1 aromatic heterocycles. The third-order valence-electron chi connectivity index (χ3n) is 15.7. The van der Waals surface area contributed by atoms with Gasteiger partial charge in [0.25, 0.3) is 0 Å². The number of aromatic nitrogens is 3. The Kier molecular flexibility index (Phi) is 5.24. The molecular weight excluding hydrogens is 516 g/mol. The molecule has 0 spiro atoms. The molecule has 42 heavy (non-hydrogen) atoms. The molecule has 0 aliphatic heterocycles. The topological polar surface area (TPSA) is 48.4 Å². The average Bonchev–Trinajstić information content (AvgIpc) is 2.93. The van der Waals surface area contributed by atoms with Crippen molar-refractivity contribution in [2.75, 3.05) is 35.8 Å². The fraction of sp³-hybridized carbons (Fsp3) is 0.917. The average molecular weight is 571 g/mol. The monoisotopic (exact) mass is 570 g/mol. The quantitative estimate of drug-likeness (QED) is 0.364. The minimum absolute atomic E-state index is 0.253. The van der Waals surface area contributed by atoms with Crippen LogP contribution in [0, 0.1) is 53.3 Å². The summed E-state index contributed by atoms with van der Waals surface area (Å²) in [7, 11) is 7.10. The van der Waals surface area contributed by atoms with E-state index >= 15 is 0 Å². The van der Waals surface area contributed by atoms with Crippen molar-refractivity contribution in [3.63, 3.8) is 0 Å². The zero-order valence-corrected chi connectivity index (χ0v) is 26.6. The highest BCUT2D eigenvalue weighted by atomic mass is 15.4. The summed E-state index contributed by atoms with van der Waals surface area (Å²) in [6.07, 6.45) is 25.4. The van der Waals surface area contributed by atoms with E-state index in [1.54, 1.807) is 0 Å². The van der Waals surface area contributed by atoms with Crippen LogP contribution in [0.5, 0.6) is 0 Å². The highest BCUT2D eigenvalue weighted by Gasteiger charge is 2.57. The summed E-state index contributed by atoms with van der Waals surface area (Å²) in [6.45, 7) is 0. The van der Waals surface area contributed by atoms with Crippen LogP contribution < -0.4 is 14.7 Å². The van der Waals surface area contributed by atoms with Gasteiger partial charge in [-0.25, -0.2) is 0 Å². The highest BCUT2D eigenvalue weighted by Crippen LogP contribution is 2.61. The Labute approximate surface area is 253 Å². The van der Waals surface area contributed by atoms with Crippen LogP contribution >= 0.6 is 0 Å². The predicted octanol–water partition coefficient (Wildman–Crippen LogP) is 7.09. The molecule has 12 aliphatic rings. The molecule has 12 aliphatic carbocycles. The smallest absolute Gasteiger partial charge is 0.232 e. The standard InChI is InChI=1S/C36H54N6/c1-40(34-13-22-4-23(14-34)6-24(5-22)15-34)31-37-32(41(2)35-16-25-7-26(17-35)9-27(8-25)18-35)39-33(38-31)42(3)36-19-28-10-29(20-36)12-30(11-28)21-36/h22-30H,4-21H2,1-3H3. The Balaban J connectivity index is 1.05. The maximum absolute atomic E-state index is 5.48. The van der Waals surface area contributed by atoms with Gasteiger partial charge in [0.1, 0.15) is 0 Å². The molecule has 12 bridgehead atoms. The van der Waals surface area contributed by atoms with Gasteiger partial charge in [-0.1, -0.05) is 0 Å². The molecule has 6 nitrogen and oxygen atoms in total. The molecule has 0 radical (unpaired) electrons. The van der Waals surface area contributed by atoms with Gasteiger partial charge in [0.05, 0.1) is 0 Å². The molecule has 1 heterocycles. The molecule has 228 valence electrons. The van der Waals surface area contributed by atoms with Gasteiger partial charge in [0.2, 0.25) is 17.8 Å². The normalized spacial score (nSPS) is 50.5. The lowest BCUT2D eigenvalue weighted by Crippen LogP contribution is -2.61. The fourth-order valence-corrected chi connectivity index (χ4v) is 14.9. The molecule has 0 atom stereocenters. The number of hydrogen-bond acceptors (Lipinski definition) is 6. The summed E-state index contributed by atoms with van der Waals surface area (Å²) in [5.74, 6) is 11.2. The van der Waals surface area contributed by atoms with Gasteiger partial charge in [-0.15, -0.1) is 0 Å². The molecule has 0 aromatic carbocycles. The second-order valence-electron chi connectivity index (χ2n) is 18.3. The van der Waals surface area contributed by atoms with Crippen molar-refractivity contribution in [3.05, 3.63) is 0 Å². The van der Waals surface area contributed by atoms with Crippen LogP contribution in [0.15, 0.2) is 0 Å². The Bertz CT molecular complexity index is 1000. The molecule has 0 unspecified atom stereocenters. The van der Waals surface area contributed by atoms with Crippen molar-refractivity contribution in [2.24, 2.45) is 53.3 Å². The van der Waals surface area contributed by atoms with Gasteiger partial charge in [-0.3, -0.25) is 0 Å². The van der Waals surface area contributed by atoms with Crippen LogP contribution in [-0.2, 0) is 0 Å². The van der Waals surface area contributed by atoms with Gasteiger partial charge in [-0.2, -0.15) is 15.0 Å². The molecule has 0 saturated heterocycles. The number of rotatable bonds is 6. The van der Waals surface area contributed by atoms with Crippen LogP contribution in [0.3, 0.4) is 0 Å². The van der Waals surface area contributed by atoms with Crippen molar-refractivity contribution in [2.45, 2.75) is 132 Å². The predicted molar refractivity (Wildman–Crippen MR) is 168 cm³/mol. The van der Waals surface area contributed by atoms with E-state index in [0.29, 0.717) is 0 Å².